The molecule has 0 spiro atoms. The number of ketones is 1. The summed E-state index contributed by atoms with van der Waals surface area (Å²) in [5.41, 5.74) is 2.66. The molecule has 1 amide bonds. The summed E-state index contributed by atoms with van der Waals surface area (Å²) in [6, 6.07) is 5.06. The highest BCUT2D eigenvalue weighted by Crippen LogP contribution is 2.45. The van der Waals surface area contributed by atoms with Gasteiger partial charge in [-0.3, -0.25) is 9.59 Å². The molecular weight excluding hydrogens is 486 g/mol. The summed E-state index contributed by atoms with van der Waals surface area (Å²) in [5, 5.41) is 6.46. The number of Topliss-reactive ketones (excluding diaryl/α,β-unsaturated/α-hetero) is 1. The number of benzene rings is 1. The molecule has 2 heterocycles. The number of nitrogens with zero attached hydrogens (tertiary/aromatic N) is 1. The number of aryl methyl sites for hydroxylation is 3. The summed E-state index contributed by atoms with van der Waals surface area (Å²) in [5.74, 6) is -0.795. The third-order valence-corrected chi connectivity index (χ3v) is 8.53. The molecule has 33 heavy (non-hydrogen) atoms. The maximum atomic E-state index is 13.3. The van der Waals surface area contributed by atoms with Crippen molar-refractivity contribution in [3.63, 3.8) is 0 Å². The topological polar surface area (TPSA) is 118 Å². The van der Waals surface area contributed by atoms with Crippen molar-refractivity contribution in [2.45, 2.75) is 51.3 Å². The first-order valence-electron chi connectivity index (χ1n) is 10.2. The van der Waals surface area contributed by atoms with Gasteiger partial charge in [-0.15, -0.1) is 11.3 Å². The molecule has 2 aromatic heterocycles. The van der Waals surface area contributed by atoms with Gasteiger partial charge < -0.3 is 9.84 Å². The van der Waals surface area contributed by atoms with Crippen molar-refractivity contribution in [2.24, 2.45) is 0 Å². The van der Waals surface area contributed by atoms with E-state index in [4.69, 9.17) is 16.1 Å². The van der Waals surface area contributed by atoms with E-state index in [1.807, 2.05) is 13.0 Å². The molecule has 1 aromatic carbocycles. The Morgan fingerprint density at radius 3 is 2.45 bits per heavy atom. The number of amides is 1. The lowest BCUT2D eigenvalue weighted by Gasteiger charge is -2.14. The van der Waals surface area contributed by atoms with Crippen molar-refractivity contribution in [1.82, 2.24) is 5.16 Å². The number of hydrogen-bond donors (Lipinski definition) is 2. The first-order valence-corrected chi connectivity index (χ1v) is 12.9. The Hall–Kier alpha value is -2.69. The molecule has 1 saturated carbocycles. The smallest absolute Gasteiger partial charge is 0.267 e. The normalized spacial score (nSPS) is 13.7. The summed E-state index contributed by atoms with van der Waals surface area (Å²) in [6.07, 6.45) is 1.88. The Morgan fingerprint density at radius 1 is 1.18 bits per heavy atom. The van der Waals surface area contributed by atoms with Gasteiger partial charge >= 0.3 is 0 Å². The van der Waals surface area contributed by atoms with Crippen LogP contribution in [0.2, 0.25) is 5.02 Å². The highest BCUT2D eigenvalue weighted by Gasteiger charge is 2.33. The molecule has 0 bridgehead atoms. The average Bonchev–Trinajstić information content (AvgIpc) is 3.41. The maximum absolute atomic E-state index is 13.3. The number of sulfonamides is 1. The second kappa shape index (κ2) is 8.58. The second-order valence-electron chi connectivity index (χ2n) is 8.15. The lowest BCUT2D eigenvalue weighted by Crippen LogP contribution is -2.19. The monoisotopic (exact) mass is 507 g/mol. The number of anilines is 2. The van der Waals surface area contributed by atoms with Gasteiger partial charge in [-0.25, -0.2) is 13.1 Å². The van der Waals surface area contributed by atoms with Crippen LogP contribution in [-0.2, 0) is 10.0 Å². The highest BCUT2D eigenvalue weighted by atomic mass is 35.5. The van der Waals surface area contributed by atoms with Crippen LogP contribution in [0, 0.1) is 20.8 Å². The molecule has 1 aliphatic carbocycles. The van der Waals surface area contributed by atoms with Gasteiger partial charge in [0.15, 0.2) is 5.78 Å². The van der Waals surface area contributed by atoms with Crippen molar-refractivity contribution in [1.29, 1.82) is 0 Å². The quantitative estimate of drug-likeness (QED) is 0.410. The largest absolute Gasteiger partial charge is 0.336 e. The van der Waals surface area contributed by atoms with Crippen LogP contribution in [0.5, 0.6) is 0 Å². The van der Waals surface area contributed by atoms with Crippen LogP contribution in [0.3, 0.4) is 0 Å². The van der Waals surface area contributed by atoms with E-state index in [1.54, 1.807) is 19.9 Å². The van der Waals surface area contributed by atoms with E-state index in [1.165, 1.54) is 13.0 Å². The minimum Gasteiger partial charge on any atom is -0.336 e. The zero-order valence-corrected chi connectivity index (χ0v) is 20.8. The molecule has 3 aromatic rings. The molecule has 1 fully saturated rings. The molecule has 174 valence electrons. The Kier molecular flexibility index (Phi) is 6.10. The molecule has 0 aliphatic heterocycles. The van der Waals surface area contributed by atoms with Gasteiger partial charge in [0.05, 0.1) is 5.69 Å². The Labute approximate surface area is 200 Å². The first kappa shape index (κ1) is 23.5. The molecule has 0 atom stereocenters. The van der Waals surface area contributed by atoms with E-state index in [0.29, 0.717) is 22.5 Å². The Morgan fingerprint density at radius 2 is 1.88 bits per heavy atom. The van der Waals surface area contributed by atoms with Crippen molar-refractivity contribution < 1.29 is 22.5 Å². The van der Waals surface area contributed by atoms with E-state index >= 15 is 0 Å². The fraction of sp³-hybridized carbons (Fsp3) is 0.318. The molecule has 11 heteroatoms. The van der Waals surface area contributed by atoms with Crippen LogP contribution < -0.4 is 10.0 Å². The lowest BCUT2D eigenvalue weighted by molar-refractivity contribution is 0.101. The number of halogens is 1. The molecule has 0 saturated heterocycles. The number of carbonyl (C=O) groups excluding carboxylic acids is 2. The van der Waals surface area contributed by atoms with Gasteiger partial charge in [-0.05, 0) is 69.7 Å². The van der Waals surface area contributed by atoms with Crippen LogP contribution in [0.1, 0.15) is 67.4 Å². The van der Waals surface area contributed by atoms with Gasteiger partial charge in [-0.2, -0.15) is 0 Å². The number of thiophene rings is 1. The summed E-state index contributed by atoms with van der Waals surface area (Å²) >= 11 is 7.20. The highest BCUT2D eigenvalue weighted by molar-refractivity contribution is 7.93. The minimum absolute atomic E-state index is 0.0197. The van der Waals surface area contributed by atoms with E-state index in [2.05, 4.69) is 15.2 Å². The molecule has 0 radical (unpaired) electrons. The predicted octanol–water partition coefficient (Wildman–Crippen LogP) is 5.45. The van der Waals surface area contributed by atoms with Crippen LogP contribution in [0.4, 0.5) is 11.6 Å². The van der Waals surface area contributed by atoms with Gasteiger partial charge in [0.2, 0.25) is 0 Å². The van der Waals surface area contributed by atoms with Crippen molar-refractivity contribution in [3.8, 4) is 0 Å². The van der Waals surface area contributed by atoms with E-state index in [9.17, 15) is 18.0 Å². The fourth-order valence-electron chi connectivity index (χ4n) is 3.50. The summed E-state index contributed by atoms with van der Waals surface area (Å²) in [7, 11) is -4.20. The average molecular weight is 508 g/mol. The van der Waals surface area contributed by atoms with E-state index < -0.39 is 15.9 Å². The SMILES string of the molecule is CC(=O)c1cc(C)cc(C)c1NC(=O)c1sc(C2CC2)cc1S(=O)(=O)Nc1onc(C)c1Cl. The third-order valence-electron chi connectivity index (χ3n) is 5.31. The summed E-state index contributed by atoms with van der Waals surface area (Å²) in [6.45, 7) is 6.64. The third kappa shape index (κ3) is 4.68. The van der Waals surface area contributed by atoms with E-state index in [0.717, 1.165) is 34.6 Å². The zero-order chi connectivity index (χ0) is 24.1. The number of carbonyl (C=O) groups is 2. The number of hydrogen-bond acceptors (Lipinski definition) is 7. The van der Waals surface area contributed by atoms with Gasteiger partial charge in [0, 0.05) is 10.4 Å². The van der Waals surface area contributed by atoms with Crippen LogP contribution in [-0.4, -0.2) is 25.3 Å². The second-order valence-corrected chi connectivity index (χ2v) is 11.3. The summed E-state index contributed by atoms with van der Waals surface area (Å²) < 4.78 is 33.7. The van der Waals surface area contributed by atoms with Crippen molar-refractivity contribution in [2.75, 3.05) is 10.0 Å². The van der Waals surface area contributed by atoms with Crippen LogP contribution >= 0.6 is 22.9 Å². The first-order chi connectivity index (χ1) is 15.5. The predicted molar refractivity (Wildman–Crippen MR) is 127 cm³/mol. The number of rotatable bonds is 7. The molecule has 1 aliphatic rings. The van der Waals surface area contributed by atoms with Crippen LogP contribution in [0.25, 0.3) is 0 Å². The van der Waals surface area contributed by atoms with Crippen LogP contribution in [0.15, 0.2) is 27.6 Å². The molecular formula is C22H22ClN3O5S2. The van der Waals surface area contributed by atoms with Gasteiger partial charge in [0.25, 0.3) is 21.8 Å². The molecule has 2 N–H and O–H groups in total. The Bertz CT molecular complexity index is 1390. The van der Waals surface area contributed by atoms with E-state index in [-0.39, 0.29) is 32.4 Å². The lowest BCUT2D eigenvalue weighted by atomic mass is 10.0. The minimum atomic E-state index is -4.20. The van der Waals surface area contributed by atoms with Gasteiger partial charge in [-0.1, -0.05) is 22.8 Å². The molecule has 8 nitrogen and oxygen atoms in total. The molecule has 0 unspecified atom stereocenters. The van der Waals surface area contributed by atoms with Crippen molar-refractivity contribution in [3.05, 3.63) is 55.4 Å². The number of nitrogens with one attached hydrogen (secondary N) is 2. The molecule has 4 rings (SSSR count). The summed E-state index contributed by atoms with van der Waals surface area (Å²) in [4.78, 5) is 26.1. The standard InChI is InChI=1S/C22H22ClN3O5S2/c1-10-7-11(2)19(15(8-10)13(4)27)24-21(28)20-17(9-16(32-20)14-5-6-14)33(29,30)26-22-18(23)12(3)25-31-22/h7-9,14,26H,5-6H2,1-4H3,(H,24,28). The maximum Gasteiger partial charge on any atom is 0.267 e. The Balaban J connectivity index is 1.74. The number of aromatic nitrogens is 1. The van der Waals surface area contributed by atoms with Crippen molar-refractivity contribution >= 4 is 56.2 Å². The zero-order valence-electron chi connectivity index (χ0n) is 18.4. The fourth-order valence-corrected chi connectivity index (χ4v) is 6.43. The van der Waals surface area contributed by atoms with Gasteiger partial charge in [0.1, 0.15) is 20.5 Å².